The molecule has 98 valence electrons. The Hall–Kier alpha value is -0.910. The molecule has 0 fully saturated rings. The zero-order chi connectivity index (χ0) is 12.5. The zero-order valence-corrected chi connectivity index (χ0v) is 11.0. The normalized spacial score (nSPS) is 12.9. The number of hydrogen-bond donors (Lipinski definition) is 1. The molecule has 5 nitrogen and oxygen atoms in total. The van der Waals surface area contributed by atoms with E-state index in [4.69, 9.17) is 9.47 Å². The number of rotatable bonds is 9. The van der Waals surface area contributed by atoms with Crippen LogP contribution in [-0.4, -0.2) is 43.5 Å². The second kappa shape index (κ2) is 8.22. The fourth-order valence-electron chi connectivity index (χ4n) is 1.54. The molecule has 0 aliphatic rings. The van der Waals surface area contributed by atoms with Crippen molar-refractivity contribution in [2.45, 2.75) is 25.9 Å². The standard InChI is InChI=1S/C12H23N3O2/c1-11(4-6-16-2)15-9-12(14-10-15)8-13-5-7-17-3/h9-11,13H,4-8H2,1-3H3. The van der Waals surface area contributed by atoms with Gasteiger partial charge in [0.2, 0.25) is 0 Å². The average Bonchev–Trinajstić information content (AvgIpc) is 2.80. The Labute approximate surface area is 103 Å². The van der Waals surface area contributed by atoms with Crippen LogP contribution in [0, 0.1) is 0 Å². The first kappa shape index (κ1) is 14.2. The maximum atomic E-state index is 5.07. The lowest BCUT2D eigenvalue weighted by Crippen LogP contribution is -2.18. The summed E-state index contributed by atoms with van der Waals surface area (Å²) in [6.45, 7) is 5.31. The topological polar surface area (TPSA) is 48.3 Å². The summed E-state index contributed by atoms with van der Waals surface area (Å²) in [5, 5.41) is 3.27. The van der Waals surface area contributed by atoms with Gasteiger partial charge in [-0.1, -0.05) is 0 Å². The Morgan fingerprint density at radius 3 is 2.82 bits per heavy atom. The molecular weight excluding hydrogens is 218 g/mol. The van der Waals surface area contributed by atoms with Crippen LogP contribution in [0.15, 0.2) is 12.5 Å². The second-order valence-corrected chi connectivity index (χ2v) is 4.11. The van der Waals surface area contributed by atoms with Crippen molar-refractivity contribution in [2.75, 3.05) is 34.0 Å². The third kappa shape index (κ3) is 5.30. The maximum absolute atomic E-state index is 5.07. The summed E-state index contributed by atoms with van der Waals surface area (Å²) in [6, 6.07) is 0.426. The van der Waals surface area contributed by atoms with Crippen molar-refractivity contribution in [1.82, 2.24) is 14.9 Å². The highest BCUT2D eigenvalue weighted by Crippen LogP contribution is 2.11. The van der Waals surface area contributed by atoms with E-state index in [1.165, 1.54) is 0 Å². The summed E-state index contributed by atoms with van der Waals surface area (Å²) in [4.78, 5) is 4.36. The molecule has 5 heteroatoms. The number of ether oxygens (including phenoxy) is 2. The fourth-order valence-corrected chi connectivity index (χ4v) is 1.54. The average molecular weight is 241 g/mol. The van der Waals surface area contributed by atoms with Gasteiger partial charge in [-0.15, -0.1) is 0 Å². The predicted octanol–water partition coefficient (Wildman–Crippen LogP) is 1.22. The largest absolute Gasteiger partial charge is 0.385 e. The highest BCUT2D eigenvalue weighted by molar-refractivity contribution is 4.97. The van der Waals surface area contributed by atoms with Gasteiger partial charge in [0.25, 0.3) is 0 Å². The van der Waals surface area contributed by atoms with Gasteiger partial charge in [0.05, 0.1) is 18.6 Å². The number of methoxy groups -OCH3 is 2. The quantitative estimate of drug-likeness (QED) is 0.660. The van der Waals surface area contributed by atoms with Crippen molar-refractivity contribution in [3.63, 3.8) is 0 Å². The van der Waals surface area contributed by atoms with Crippen LogP contribution in [0.25, 0.3) is 0 Å². The number of nitrogens with zero attached hydrogens (tertiary/aromatic N) is 2. The van der Waals surface area contributed by atoms with Crippen molar-refractivity contribution < 1.29 is 9.47 Å². The summed E-state index contributed by atoms with van der Waals surface area (Å²) in [5.41, 5.74) is 1.06. The van der Waals surface area contributed by atoms with Gasteiger partial charge < -0.3 is 19.4 Å². The van der Waals surface area contributed by atoms with E-state index in [1.54, 1.807) is 14.2 Å². The van der Waals surface area contributed by atoms with Gasteiger partial charge in [-0.05, 0) is 13.3 Å². The Kier molecular flexibility index (Phi) is 6.84. The lowest BCUT2D eigenvalue weighted by atomic mass is 10.2. The van der Waals surface area contributed by atoms with E-state index in [9.17, 15) is 0 Å². The molecule has 0 saturated carbocycles. The summed E-state index contributed by atoms with van der Waals surface area (Å²) in [7, 11) is 3.43. The number of aromatic nitrogens is 2. The molecule has 17 heavy (non-hydrogen) atoms. The first-order chi connectivity index (χ1) is 8.27. The van der Waals surface area contributed by atoms with Gasteiger partial charge in [0.1, 0.15) is 0 Å². The molecule has 0 bridgehead atoms. The van der Waals surface area contributed by atoms with Crippen LogP contribution in [0.5, 0.6) is 0 Å². The Balaban J connectivity index is 2.31. The van der Waals surface area contributed by atoms with Crippen LogP contribution < -0.4 is 5.32 Å². The van der Waals surface area contributed by atoms with Crippen LogP contribution in [0.2, 0.25) is 0 Å². The van der Waals surface area contributed by atoms with Crippen molar-refractivity contribution >= 4 is 0 Å². The second-order valence-electron chi connectivity index (χ2n) is 4.11. The first-order valence-electron chi connectivity index (χ1n) is 5.99. The Bertz CT molecular complexity index is 302. The van der Waals surface area contributed by atoms with E-state index in [0.29, 0.717) is 6.04 Å². The molecule has 1 aromatic rings. The monoisotopic (exact) mass is 241 g/mol. The third-order valence-electron chi connectivity index (χ3n) is 2.69. The van der Waals surface area contributed by atoms with Gasteiger partial charge in [-0.2, -0.15) is 0 Å². The molecule has 0 aromatic carbocycles. The van der Waals surface area contributed by atoms with Crippen LogP contribution in [0.3, 0.4) is 0 Å². The van der Waals surface area contributed by atoms with Crippen LogP contribution >= 0.6 is 0 Å². The number of nitrogens with one attached hydrogen (secondary N) is 1. The minimum absolute atomic E-state index is 0.426. The number of hydrogen-bond acceptors (Lipinski definition) is 4. The molecular formula is C12H23N3O2. The molecule has 0 spiro atoms. The molecule has 1 N–H and O–H groups in total. The number of imidazole rings is 1. The van der Waals surface area contributed by atoms with E-state index in [0.717, 1.165) is 38.4 Å². The van der Waals surface area contributed by atoms with E-state index < -0.39 is 0 Å². The molecule has 1 atom stereocenters. The van der Waals surface area contributed by atoms with E-state index in [1.807, 2.05) is 6.33 Å². The molecule has 0 amide bonds. The molecule has 0 aliphatic carbocycles. The lowest BCUT2D eigenvalue weighted by Gasteiger charge is -2.11. The predicted molar refractivity (Wildman–Crippen MR) is 67.0 cm³/mol. The van der Waals surface area contributed by atoms with Crippen molar-refractivity contribution in [3.8, 4) is 0 Å². The molecule has 0 radical (unpaired) electrons. The maximum Gasteiger partial charge on any atom is 0.0952 e. The summed E-state index contributed by atoms with van der Waals surface area (Å²) in [6.07, 6.45) is 4.97. The summed E-state index contributed by atoms with van der Waals surface area (Å²) < 4.78 is 12.2. The summed E-state index contributed by atoms with van der Waals surface area (Å²) in [5.74, 6) is 0. The van der Waals surface area contributed by atoms with Crippen LogP contribution in [-0.2, 0) is 16.0 Å². The molecule has 1 heterocycles. The molecule has 0 saturated heterocycles. The fraction of sp³-hybridized carbons (Fsp3) is 0.750. The smallest absolute Gasteiger partial charge is 0.0952 e. The highest BCUT2D eigenvalue weighted by atomic mass is 16.5. The lowest BCUT2D eigenvalue weighted by molar-refractivity contribution is 0.181. The molecule has 1 aromatic heterocycles. The van der Waals surface area contributed by atoms with Crippen LogP contribution in [0.1, 0.15) is 25.1 Å². The zero-order valence-electron chi connectivity index (χ0n) is 11.0. The first-order valence-corrected chi connectivity index (χ1v) is 5.99. The SMILES string of the molecule is COCCNCc1cn(C(C)CCOC)cn1. The van der Waals surface area contributed by atoms with Crippen molar-refractivity contribution in [1.29, 1.82) is 0 Å². The van der Waals surface area contributed by atoms with Gasteiger partial charge in [0, 0.05) is 46.2 Å². The van der Waals surface area contributed by atoms with Gasteiger partial charge >= 0.3 is 0 Å². The Morgan fingerprint density at radius 2 is 2.12 bits per heavy atom. The van der Waals surface area contributed by atoms with Gasteiger partial charge in [-0.3, -0.25) is 0 Å². The van der Waals surface area contributed by atoms with E-state index >= 15 is 0 Å². The molecule has 1 rings (SSSR count). The van der Waals surface area contributed by atoms with E-state index in [-0.39, 0.29) is 0 Å². The third-order valence-corrected chi connectivity index (χ3v) is 2.69. The molecule has 1 unspecified atom stereocenters. The van der Waals surface area contributed by atoms with Crippen molar-refractivity contribution in [2.24, 2.45) is 0 Å². The van der Waals surface area contributed by atoms with Gasteiger partial charge in [-0.25, -0.2) is 4.98 Å². The van der Waals surface area contributed by atoms with Crippen LogP contribution in [0.4, 0.5) is 0 Å². The Morgan fingerprint density at radius 1 is 1.35 bits per heavy atom. The molecule has 0 aliphatic heterocycles. The highest BCUT2D eigenvalue weighted by Gasteiger charge is 2.05. The van der Waals surface area contributed by atoms with Crippen molar-refractivity contribution in [3.05, 3.63) is 18.2 Å². The van der Waals surface area contributed by atoms with Gasteiger partial charge in [0.15, 0.2) is 0 Å². The summed E-state index contributed by atoms with van der Waals surface area (Å²) >= 11 is 0. The minimum atomic E-state index is 0.426. The van der Waals surface area contributed by atoms with E-state index in [2.05, 4.69) is 28.0 Å². The minimum Gasteiger partial charge on any atom is -0.385 e.